The minimum atomic E-state index is -0.935. The molecular formula is C44H78O25. The van der Waals surface area contributed by atoms with Crippen molar-refractivity contribution in [2.24, 2.45) is 0 Å². The highest BCUT2D eigenvalue weighted by atomic mass is 16.5. The van der Waals surface area contributed by atoms with Gasteiger partial charge in [-0.1, -0.05) is 52.6 Å². The number of carboxylic acid groups (broad SMARTS) is 8. The SMILES string of the molecule is C=C(C)C(=O)O.C=C(C)C(=O)O.C=C(C)C(=O)O.C=C(C)C(=O)O.C=C(C)C(=O)O.C=C(C)C(=O)O.C=C(C)C(=O)O.C=C(C)C(=O)O.OCCO.OCCOCCO.OCCOCCOCCO. The lowest BCUT2D eigenvalue weighted by Crippen LogP contribution is -2.09. The number of carboxylic acids is 8. The summed E-state index contributed by atoms with van der Waals surface area (Å²) < 4.78 is 14.4. The Labute approximate surface area is 403 Å². The van der Waals surface area contributed by atoms with Crippen molar-refractivity contribution in [2.45, 2.75) is 55.4 Å². The van der Waals surface area contributed by atoms with Gasteiger partial charge in [0.1, 0.15) is 0 Å². The van der Waals surface area contributed by atoms with Gasteiger partial charge in [0.2, 0.25) is 0 Å². The fourth-order valence-corrected chi connectivity index (χ4v) is 0.682. The van der Waals surface area contributed by atoms with Crippen LogP contribution in [-0.4, -0.2) is 199 Å². The summed E-state index contributed by atoms with van der Waals surface area (Å²) in [7, 11) is 0. The first-order chi connectivity index (χ1) is 31.4. The molecule has 0 saturated heterocycles. The maximum atomic E-state index is 9.60. The van der Waals surface area contributed by atoms with Crippen molar-refractivity contribution < 1.29 is 124 Å². The molecule has 69 heavy (non-hydrogen) atoms. The van der Waals surface area contributed by atoms with Crippen LogP contribution in [0.2, 0.25) is 0 Å². The Hall–Kier alpha value is -6.68. The average Bonchev–Trinajstić information content (AvgIpc) is 3.24. The number of rotatable bonds is 20. The normalized spacial score (nSPS) is 8.09. The van der Waals surface area contributed by atoms with Crippen LogP contribution in [0.25, 0.3) is 0 Å². The van der Waals surface area contributed by atoms with E-state index in [-0.39, 0.29) is 84.2 Å². The molecule has 404 valence electrons. The van der Waals surface area contributed by atoms with E-state index < -0.39 is 47.8 Å². The second kappa shape index (κ2) is 70.3. The van der Waals surface area contributed by atoms with Gasteiger partial charge in [-0.3, -0.25) is 0 Å². The number of carbonyl (C=O) groups is 8. The molecule has 0 aliphatic heterocycles. The number of hydrogen-bond donors (Lipinski definition) is 14. The van der Waals surface area contributed by atoms with Gasteiger partial charge in [0.15, 0.2) is 0 Å². The van der Waals surface area contributed by atoms with Crippen molar-refractivity contribution in [1.29, 1.82) is 0 Å². The van der Waals surface area contributed by atoms with E-state index in [9.17, 15) is 38.4 Å². The van der Waals surface area contributed by atoms with Gasteiger partial charge in [-0.25, -0.2) is 38.4 Å². The predicted octanol–water partition coefficient (Wildman–Crippen LogP) is 2.14. The fourth-order valence-electron chi connectivity index (χ4n) is 0.682. The topological polar surface area (TPSA) is 447 Å². The summed E-state index contributed by atoms with van der Waals surface area (Å²) in [5.41, 5.74) is 1.41. The monoisotopic (exact) mass is 1010 g/mol. The van der Waals surface area contributed by atoms with Crippen LogP contribution in [0.3, 0.4) is 0 Å². The third-order valence-corrected chi connectivity index (χ3v) is 4.34. The van der Waals surface area contributed by atoms with Crippen molar-refractivity contribution in [3.8, 4) is 0 Å². The van der Waals surface area contributed by atoms with Gasteiger partial charge in [-0.05, 0) is 55.4 Å². The molecule has 14 N–H and O–H groups in total. The molecule has 0 rings (SSSR count). The van der Waals surface area contributed by atoms with E-state index in [4.69, 9.17) is 81.0 Å². The minimum Gasteiger partial charge on any atom is -0.478 e. The zero-order chi connectivity index (χ0) is 57.8. The molecule has 0 bridgehead atoms. The van der Waals surface area contributed by atoms with Gasteiger partial charge in [0.25, 0.3) is 0 Å². The predicted molar refractivity (Wildman–Crippen MR) is 255 cm³/mol. The van der Waals surface area contributed by atoms with Crippen molar-refractivity contribution in [3.63, 3.8) is 0 Å². The Bertz CT molecular complexity index is 1110. The molecule has 0 saturated carbocycles. The highest BCUT2D eigenvalue weighted by molar-refractivity contribution is 5.87. The van der Waals surface area contributed by atoms with Gasteiger partial charge in [-0.2, -0.15) is 0 Å². The molecule has 0 aliphatic carbocycles. The lowest BCUT2D eigenvalue weighted by molar-refractivity contribution is -0.133. The van der Waals surface area contributed by atoms with Crippen molar-refractivity contribution in [3.05, 3.63) is 97.2 Å². The maximum Gasteiger partial charge on any atom is 0.330 e. The molecule has 0 heterocycles. The molecule has 0 fully saturated rings. The van der Waals surface area contributed by atoms with Crippen LogP contribution >= 0.6 is 0 Å². The highest BCUT2D eigenvalue weighted by Crippen LogP contribution is 1.85. The van der Waals surface area contributed by atoms with E-state index in [1.54, 1.807) is 0 Å². The molecule has 0 aromatic rings. The molecule has 0 aliphatic rings. The fraction of sp³-hybridized carbons (Fsp3) is 0.455. The van der Waals surface area contributed by atoms with Crippen LogP contribution in [0.4, 0.5) is 0 Å². The number of aliphatic hydroxyl groups excluding tert-OH is 6. The molecule has 25 heteroatoms. The smallest absolute Gasteiger partial charge is 0.330 e. The standard InChI is InChI=1S/C6H14O4.C4H10O3.8C4H6O2.C2H6O2/c7-1-3-9-5-6-10-4-2-8;5-1-3-7-4-2-6;8*1-3(2)4(5)6;3-1-2-4/h7-8H,1-6H2;5-6H,1-4H2;8*1H2,2H3,(H,5,6);3-4H,1-2H2. The third-order valence-electron chi connectivity index (χ3n) is 4.34. The molecule has 0 amide bonds. The lowest BCUT2D eigenvalue weighted by Gasteiger charge is -2.01. The minimum absolute atomic E-state index is 0.0278. The summed E-state index contributed by atoms with van der Waals surface area (Å²) >= 11 is 0. The molecular weight excluding hydrogens is 928 g/mol. The maximum absolute atomic E-state index is 9.60. The molecule has 0 aromatic carbocycles. The van der Waals surface area contributed by atoms with Gasteiger partial charge < -0.3 is 85.7 Å². The third kappa shape index (κ3) is 155. The number of aliphatic hydroxyl groups is 6. The van der Waals surface area contributed by atoms with E-state index in [2.05, 4.69) is 57.4 Å². The van der Waals surface area contributed by atoms with Crippen LogP contribution in [0.15, 0.2) is 97.2 Å². The summed E-state index contributed by atoms with van der Waals surface area (Å²) in [6.07, 6.45) is 0. The first kappa shape index (κ1) is 89.0. The first-order valence-electron chi connectivity index (χ1n) is 18.9. The summed E-state index contributed by atoms with van der Waals surface area (Å²) in [4.78, 5) is 76.8. The van der Waals surface area contributed by atoms with Gasteiger partial charge in [-0.15, -0.1) is 0 Å². The Morgan fingerprint density at radius 2 is 0.333 bits per heavy atom. The summed E-state index contributed by atoms with van der Waals surface area (Å²) in [5.74, 6) is -7.48. The highest BCUT2D eigenvalue weighted by Gasteiger charge is 1.94. The zero-order valence-electron chi connectivity index (χ0n) is 40.9. The second-order valence-electron chi connectivity index (χ2n) is 11.9. The summed E-state index contributed by atoms with van der Waals surface area (Å²) in [6, 6.07) is 0. The van der Waals surface area contributed by atoms with Crippen molar-refractivity contribution in [1.82, 2.24) is 0 Å². The van der Waals surface area contributed by atoms with Gasteiger partial charge >= 0.3 is 47.8 Å². The molecule has 0 atom stereocenters. The average molecular weight is 1010 g/mol. The van der Waals surface area contributed by atoms with Crippen LogP contribution in [-0.2, 0) is 52.6 Å². The summed E-state index contributed by atoms with van der Waals surface area (Å²) in [5, 5.41) is 111. The quantitative estimate of drug-likeness (QED) is 0.0613. The number of aliphatic carboxylic acids is 8. The molecule has 25 nitrogen and oxygen atoms in total. The van der Waals surface area contributed by atoms with E-state index in [0.717, 1.165) is 0 Å². The van der Waals surface area contributed by atoms with E-state index >= 15 is 0 Å². The van der Waals surface area contributed by atoms with Crippen molar-refractivity contribution in [2.75, 3.05) is 79.3 Å². The Balaban J connectivity index is -0.0000000600. The first-order valence-corrected chi connectivity index (χ1v) is 18.9. The second-order valence-corrected chi connectivity index (χ2v) is 11.9. The number of hydrogen-bond acceptors (Lipinski definition) is 17. The van der Waals surface area contributed by atoms with E-state index in [1.807, 2.05) is 0 Å². The number of ether oxygens (including phenoxy) is 3. The molecule has 0 spiro atoms. The van der Waals surface area contributed by atoms with E-state index in [1.165, 1.54) is 55.4 Å². The molecule has 0 aromatic heterocycles. The zero-order valence-corrected chi connectivity index (χ0v) is 40.9. The van der Waals surface area contributed by atoms with Crippen LogP contribution < -0.4 is 0 Å². The van der Waals surface area contributed by atoms with Crippen LogP contribution in [0.1, 0.15) is 55.4 Å². The van der Waals surface area contributed by atoms with Gasteiger partial charge in [0.05, 0.1) is 79.3 Å². The largest absolute Gasteiger partial charge is 0.478 e. The summed E-state index contributed by atoms with van der Waals surface area (Å²) in [6.45, 7) is 39.0. The lowest BCUT2D eigenvalue weighted by atomic mass is 10.4. The van der Waals surface area contributed by atoms with Crippen molar-refractivity contribution >= 4 is 47.8 Å². The Morgan fingerprint density at radius 1 is 0.246 bits per heavy atom. The Kier molecular flexibility index (Phi) is 90.7. The van der Waals surface area contributed by atoms with E-state index in [0.29, 0.717) is 39.6 Å². The molecule has 0 unspecified atom stereocenters. The van der Waals surface area contributed by atoms with Crippen LogP contribution in [0, 0.1) is 0 Å². The van der Waals surface area contributed by atoms with Crippen LogP contribution in [0.5, 0.6) is 0 Å². The Morgan fingerprint density at radius 3 is 0.391 bits per heavy atom. The molecule has 0 radical (unpaired) electrons. The van der Waals surface area contributed by atoms with Gasteiger partial charge in [0, 0.05) is 44.6 Å².